The summed E-state index contributed by atoms with van der Waals surface area (Å²) in [5.74, 6) is -2.11. The van der Waals surface area contributed by atoms with Crippen molar-refractivity contribution in [3.8, 4) is 0 Å². The van der Waals surface area contributed by atoms with Crippen molar-refractivity contribution in [3.63, 3.8) is 0 Å². The highest BCUT2D eigenvalue weighted by molar-refractivity contribution is 7.92. The molecular weight excluding hydrogens is 250 g/mol. The van der Waals surface area contributed by atoms with Crippen LogP contribution in [0.2, 0.25) is 0 Å². The van der Waals surface area contributed by atoms with Crippen molar-refractivity contribution < 1.29 is 17.2 Å². The van der Waals surface area contributed by atoms with Crippen LogP contribution in [-0.4, -0.2) is 27.3 Å². The third-order valence-corrected chi connectivity index (χ3v) is 3.27. The Hall–Kier alpha value is -1.21. The Morgan fingerprint density at radius 3 is 2.35 bits per heavy atom. The Balaban J connectivity index is 2.76. The first kappa shape index (κ1) is 13.9. The summed E-state index contributed by atoms with van der Waals surface area (Å²) in [6.07, 6.45) is 0. The number of sulfonamides is 1. The average Bonchev–Trinajstić information content (AvgIpc) is 2.24. The normalized spacial score (nSPS) is 11.5. The van der Waals surface area contributed by atoms with E-state index in [0.29, 0.717) is 6.54 Å². The summed E-state index contributed by atoms with van der Waals surface area (Å²) in [6.45, 7) is 2.68. The molecule has 0 aliphatic rings. The van der Waals surface area contributed by atoms with E-state index in [4.69, 9.17) is 0 Å². The zero-order valence-electron chi connectivity index (χ0n) is 9.33. The molecule has 0 radical (unpaired) electrons. The summed E-state index contributed by atoms with van der Waals surface area (Å²) in [7, 11) is -3.74. The quantitative estimate of drug-likeness (QED) is 0.762. The van der Waals surface area contributed by atoms with Crippen molar-refractivity contribution in [2.24, 2.45) is 0 Å². The van der Waals surface area contributed by atoms with Crippen LogP contribution in [0.5, 0.6) is 0 Å². The van der Waals surface area contributed by atoms with Crippen LogP contribution in [-0.2, 0) is 10.0 Å². The van der Waals surface area contributed by atoms with Crippen molar-refractivity contribution >= 4 is 15.7 Å². The molecule has 0 aliphatic heterocycles. The highest BCUT2D eigenvalue weighted by Gasteiger charge is 2.16. The van der Waals surface area contributed by atoms with Crippen molar-refractivity contribution in [1.29, 1.82) is 0 Å². The summed E-state index contributed by atoms with van der Waals surface area (Å²) in [5.41, 5.74) is -0.635. The minimum Gasteiger partial charge on any atom is -0.316 e. The molecule has 0 saturated heterocycles. The van der Waals surface area contributed by atoms with E-state index in [-0.39, 0.29) is 12.3 Å². The largest absolute Gasteiger partial charge is 0.316 e. The third-order valence-electron chi connectivity index (χ3n) is 2.02. The minimum absolute atomic E-state index is 0.224. The number of nitrogens with one attached hydrogen (secondary N) is 2. The Kier molecular flexibility index (Phi) is 4.83. The predicted molar refractivity (Wildman–Crippen MR) is 62.3 cm³/mol. The summed E-state index contributed by atoms with van der Waals surface area (Å²) in [5, 5.41) is 2.81. The zero-order chi connectivity index (χ0) is 12.9. The van der Waals surface area contributed by atoms with E-state index in [0.717, 1.165) is 12.1 Å². The summed E-state index contributed by atoms with van der Waals surface area (Å²) in [6, 6.07) is 3.15. The SMILES string of the molecule is CCNCCS(=O)(=O)Nc1c(F)cccc1F. The molecule has 0 spiro atoms. The molecule has 0 amide bonds. The Labute approximate surface area is 99.1 Å². The smallest absolute Gasteiger partial charge is 0.234 e. The van der Waals surface area contributed by atoms with E-state index in [9.17, 15) is 17.2 Å². The summed E-state index contributed by atoms with van der Waals surface area (Å²) < 4.78 is 51.3. The van der Waals surface area contributed by atoms with Crippen molar-refractivity contribution in [2.75, 3.05) is 23.6 Å². The van der Waals surface area contributed by atoms with Gasteiger partial charge in [0.2, 0.25) is 10.0 Å². The van der Waals surface area contributed by atoms with Gasteiger partial charge in [0.05, 0.1) is 5.75 Å². The second kappa shape index (κ2) is 5.92. The fourth-order valence-electron chi connectivity index (χ4n) is 1.19. The van der Waals surface area contributed by atoms with Crippen LogP contribution in [0.4, 0.5) is 14.5 Å². The van der Waals surface area contributed by atoms with Crippen molar-refractivity contribution in [2.45, 2.75) is 6.92 Å². The van der Waals surface area contributed by atoms with Gasteiger partial charge in [0.1, 0.15) is 17.3 Å². The van der Waals surface area contributed by atoms with Gasteiger partial charge in [0.25, 0.3) is 0 Å². The van der Waals surface area contributed by atoms with E-state index in [1.807, 2.05) is 11.6 Å². The fourth-order valence-corrected chi connectivity index (χ4v) is 2.21. The van der Waals surface area contributed by atoms with Gasteiger partial charge in [-0.3, -0.25) is 4.72 Å². The van der Waals surface area contributed by atoms with Gasteiger partial charge >= 0.3 is 0 Å². The zero-order valence-corrected chi connectivity index (χ0v) is 10.2. The second-order valence-corrected chi connectivity index (χ2v) is 5.21. The molecule has 0 aromatic heterocycles. The molecule has 0 bridgehead atoms. The molecule has 96 valence electrons. The molecule has 2 N–H and O–H groups in total. The third kappa shape index (κ3) is 4.27. The van der Waals surface area contributed by atoms with Crippen LogP contribution < -0.4 is 10.0 Å². The molecule has 7 heteroatoms. The Morgan fingerprint density at radius 1 is 1.24 bits per heavy atom. The number of rotatable bonds is 6. The Morgan fingerprint density at radius 2 is 1.82 bits per heavy atom. The number of hydrogen-bond donors (Lipinski definition) is 2. The van der Waals surface area contributed by atoms with Crippen LogP contribution in [0.3, 0.4) is 0 Å². The molecule has 0 saturated carbocycles. The lowest BCUT2D eigenvalue weighted by Crippen LogP contribution is -2.27. The van der Waals surface area contributed by atoms with E-state index < -0.39 is 27.3 Å². The molecule has 0 heterocycles. The van der Waals surface area contributed by atoms with Crippen molar-refractivity contribution in [1.82, 2.24) is 5.32 Å². The molecule has 0 aliphatic carbocycles. The molecule has 0 fully saturated rings. The Bertz CT molecular complexity index is 457. The maximum atomic E-state index is 13.2. The van der Waals surface area contributed by atoms with Gasteiger partial charge in [-0.25, -0.2) is 17.2 Å². The van der Waals surface area contributed by atoms with Gasteiger partial charge in [-0.1, -0.05) is 13.0 Å². The maximum Gasteiger partial charge on any atom is 0.234 e. The maximum absolute atomic E-state index is 13.2. The molecule has 4 nitrogen and oxygen atoms in total. The molecule has 0 atom stereocenters. The first-order chi connectivity index (χ1) is 7.96. The van der Waals surface area contributed by atoms with Gasteiger partial charge < -0.3 is 5.32 Å². The lowest BCUT2D eigenvalue weighted by molar-refractivity contribution is 0.581. The number of para-hydroxylation sites is 1. The second-order valence-electron chi connectivity index (χ2n) is 3.37. The van der Waals surface area contributed by atoms with Gasteiger partial charge in [0.15, 0.2) is 0 Å². The van der Waals surface area contributed by atoms with Crippen LogP contribution >= 0.6 is 0 Å². The van der Waals surface area contributed by atoms with Crippen molar-refractivity contribution in [3.05, 3.63) is 29.8 Å². The molecule has 17 heavy (non-hydrogen) atoms. The number of hydrogen-bond acceptors (Lipinski definition) is 3. The van der Waals surface area contributed by atoms with E-state index >= 15 is 0 Å². The van der Waals surface area contributed by atoms with E-state index in [1.54, 1.807) is 0 Å². The highest BCUT2D eigenvalue weighted by Crippen LogP contribution is 2.19. The first-order valence-corrected chi connectivity index (χ1v) is 6.76. The fraction of sp³-hybridized carbons (Fsp3) is 0.400. The lowest BCUT2D eigenvalue weighted by atomic mass is 10.3. The number of halogens is 2. The van der Waals surface area contributed by atoms with E-state index in [2.05, 4.69) is 5.32 Å². The van der Waals surface area contributed by atoms with Gasteiger partial charge in [-0.15, -0.1) is 0 Å². The number of benzene rings is 1. The van der Waals surface area contributed by atoms with Crippen LogP contribution in [0.1, 0.15) is 6.92 Å². The van der Waals surface area contributed by atoms with Crippen LogP contribution in [0.15, 0.2) is 18.2 Å². The van der Waals surface area contributed by atoms with Crippen LogP contribution in [0.25, 0.3) is 0 Å². The molecule has 1 aromatic rings. The molecule has 0 unspecified atom stereocenters. The summed E-state index contributed by atoms with van der Waals surface area (Å²) >= 11 is 0. The monoisotopic (exact) mass is 264 g/mol. The summed E-state index contributed by atoms with van der Waals surface area (Å²) in [4.78, 5) is 0. The molecule has 1 aromatic carbocycles. The highest BCUT2D eigenvalue weighted by atomic mass is 32.2. The average molecular weight is 264 g/mol. The number of anilines is 1. The lowest BCUT2D eigenvalue weighted by Gasteiger charge is -2.09. The minimum atomic E-state index is -3.74. The first-order valence-electron chi connectivity index (χ1n) is 5.11. The molecular formula is C10H14F2N2O2S. The van der Waals surface area contributed by atoms with Gasteiger partial charge in [-0.2, -0.15) is 0 Å². The van der Waals surface area contributed by atoms with Gasteiger partial charge in [-0.05, 0) is 18.7 Å². The standard InChI is InChI=1S/C10H14F2N2O2S/c1-2-13-6-7-17(15,16)14-10-8(11)4-3-5-9(10)12/h3-5,13-14H,2,6-7H2,1H3. The topological polar surface area (TPSA) is 58.2 Å². The van der Waals surface area contributed by atoms with Crippen LogP contribution in [0, 0.1) is 11.6 Å². The van der Waals surface area contributed by atoms with E-state index in [1.165, 1.54) is 6.07 Å². The molecule has 1 rings (SSSR count). The van der Waals surface area contributed by atoms with Gasteiger partial charge in [0, 0.05) is 6.54 Å². The predicted octanol–water partition coefficient (Wildman–Crippen LogP) is 1.32.